The lowest BCUT2D eigenvalue weighted by molar-refractivity contribution is -0.117. The summed E-state index contributed by atoms with van der Waals surface area (Å²) in [6, 6.07) is 5.16. The summed E-state index contributed by atoms with van der Waals surface area (Å²) in [6.45, 7) is 3.27. The van der Waals surface area contributed by atoms with Crippen molar-refractivity contribution in [3.63, 3.8) is 0 Å². The van der Waals surface area contributed by atoms with Crippen molar-refractivity contribution >= 4 is 17.9 Å². The fraction of sp³-hybridized carbons (Fsp3) is 0.353. The summed E-state index contributed by atoms with van der Waals surface area (Å²) >= 11 is 0. The fourth-order valence-corrected chi connectivity index (χ4v) is 2.74. The van der Waals surface area contributed by atoms with Crippen LogP contribution in [-0.2, 0) is 4.79 Å². The summed E-state index contributed by atoms with van der Waals surface area (Å²) in [5.41, 5.74) is 0.559. The van der Waals surface area contributed by atoms with E-state index in [1.54, 1.807) is 31.4 Å². The number of amides is 1. The Morgan fingerprint density at radius 2 is 2.25 bits per heavy atom. The molecule has 7 heteroatoms. The molecule has 1 saturated heterocycles. The van der Waals surface area contributed by atoms with Gasteiger partial charge in [-0.25, -0.2) is 4.98 Å². The van der Waals surface area contributed by atoms with Crippen molar-refractivity contribution in [3.05, 3.63) is 52.3 Å². The van der Waals surface area contributed by atoms with Crippen molar-refractivity contribution in [3.8, 4) is 0 Å². The second kappa shape index (κ2) is 7.16. The molecule has 0 aromatic carbocycles. The van der Waals surface area contributed by atoms with Gasteiger partial charge in [0.2, 0.25) is 11.9 Å². The Morgan fingerprint density at radius 3 is 2.92 bits per heavy atom. The number of piperidine rings is 1. The van der Waals surface area contributed by atoms with Gasteiger partial charge < -0.3 is 14.6 Å². The van der Waals surface area contributed by atoms with Crippen molar-refractivity contribution in [2.24, 2.45) is 0 Å². The highest BCUT2D eigenvalue weighted by Crippen LogP contribution is 2.15. The first kappa shape index (κ1) is 16.0. The number of aryl methyl sites for hydroxylation is 1. The number of carbonyl (C=O) groups is 1. The maximum Gasteiger partial charge on any atom is 0.252 e. The van der Waals surface area contributed by atoms with Gasteiger partial charge in [0.1, 0.15) is 5.76 Å². The molecule has 3 heterocycles. The maximum absolute atomic E-state index is 11.9. The first-order valence-corrected chi connectivity index (χ1v) is 7.95. The predicted octanol–water partition coefficient (Wildman–Crippen LogP) is 1.47. The first-order valence-electron chi connectivity index (χ1n) is 7.95. The van der Waals surface area contributed by atoms with Crippen LogP contribution in [0.1, 0.15) is 24.3 Å². The monoisotopic (exact) mass is 328 g/mol. The average Bonchev–Trinajstić information content (AvgIpc) is 3.06. The zero-order valence-electron chi connectivity index (χ0n) is 13.5. The van der Waals surface area contributed by atoms with Crippen LogP contribution >= 0.6 is 0 Å². The van der Waals surface area contributed by atoms with Gasteiger partial charge in [-0.3, -0.25) is 14.6 Å². The third kappa shape index (κ3) is 4.13. The third-order valence-corrected chi connectivity index (χ3v) is 3.94. The van der Waals surface area contributed by atoms with Crippen molar-refractivity contribution in [1.82, 2.24) is 15.3 Å². The van der Waals surface area contributed by atoms with E-state index in [-0.39, 0.29) is 17.5 Å². The minimum absolute atomic E-state index is 0.117. The molecular weight excluding hydrogens is 308 g/mol. The van der Waals surface area contributed by atoms with Gasteiger partial charge in [0.05, 0.1) is 6.26 Å². The number of nitrogens with zero attached hydrogens (tertiary/aromatic N) is 2. The van der Waals surface area contributed by atoms with Gasteiger partial charge in [-0.1, -0.05) is 0 Å². The number of aromatic amines is 1. The zero-order valence-corrected chi connectivity index (χ0v) is 13.5. The molecule has 7 nitrogen and oxygen atoms in total. The predicted molar refractivity (Wildman–Crippen MR) is 90.7 cm³/mol. The molecule has 3 rings (SSSR count). The molecular formula is C17H20N4O3. The van der Waals surface area contributed by atoms with Crippen LogP contribution in [0.2, 0.25) is 0 Å². The van der Waals surface area contributed by atoms with Gasteiger partial charge in [-0.2, -0.15) is 0 Å². The largest absolute Gasteiger partial charge is 0.465 e. The molecule has 126 valence electrons. The summed E-state index contributed by atoms with van der Waals surface area (Å²) in [6.07, 6.45) is 6.30. The molecule has 24 heavy (non-hydrogen) atoms. The lowest BCUT2D eigenvalue weighted by atomic mass is 10.1. The van der Waals surface area contributed by atoms with Crippen molar-refractivity contribution in [1.29, 1.82) is 0 Å². The maximum atomic E-state index is 11.9. The molecule has 2 N–H and O–H groups in total. The Kier molecular flexibility index (Phi) is 4.79. The number of nitrogens with one attached hydrogen (secondary N) is 2. The highest BCUT2D eigenvalue weighted by Gasteiger charge is 2.21. The van der Waals surface area contributed by atoms with Crippen LogP contribution in [-0.4, -0.2) is 35.0 Å². The van der Waals surface area contributed by atoms with Gasteiger partial charge in [0.15, 0.2) is 0 Å². The molecule has 0 saturated carbocycles. The molecule has 2 aromatic rings. The SMILES string of the molecule is Cc1cc(=O)[nH]c(N2CCC(NC(=O)C=Cc3ccco3)CC2)n1. The third-order valence-electron chi connectivity index (χ3n) is 3.94. The van der Waals surface area contributed by atoms with Crippen molar-refractivity contribution in [2.75, 3.05) is 18.0 Å². The Morgan fingerprint density at radius 1 is 1.46 bits per heavy atom. The number of H-pyrrole nitrogens is 1. The lowest BCUT2D eigenvalue weighted by Gasteiger charge is -2.32. The van der Waals surface area contributed by atoms with E-state index >= 15 is 0 Å². The molecule has 1 aliphatic heterocycles. The van der Waals surface area contributed by atoms with Crippen LogP contribution in [0.15, 0.2) is 39.7 Å². The summed E-state index contributed by atoms with van der Waals surface area (Å²) in [4.78, 5) is 32.6. The Balaban J connectivity index is 1.51. The standard InChI is InChI=1S/C17H20N4O3/c1-12-11-16(23)20-17(18-12)21-8-6-13(7-9-21)19-15(22)5-4-14-3-2-10-24-14/h2-5,10-11,13H,6-9H2,1H3,(H,19,22)(H,18,20,23). The zero-order chi connectivity index (χ0) is 16.9. The normalized spacial score (nSPS) is 15.8. The Labute approximate surface area is 139 Å². The number of rotatable bonds is 4. The van der Waals surface area contributed by atoms with Crippen LogP contribution in [0.4, 0.5) is 5.95 Å². The van der Waals surface area contributed by atoms with Gasteiger partial charge in [-0.05, 0) is 38.0 Å². The van der Waals surface area contributed by atoms with Crippen LogP contribution in [0, 0.1) is 6.92 Å². The summed E-state index contributed by atoms with van der Waals surface area (Å²) in [5.74, 6) is 1.11. The van der Waals surface area contributed by atoms with Crippen LogP contribution in [0.3, 0.4) is 0 Å². The second-order valence-corrected chi connectivity index (χ2v) is 5.83. The van der Waals surface area contributed by atoms with E-state index in [9.17, 15) is 9.59 Å². The van der Waals surface area contributed by atoms with Crippen molar-refractivity contribution < 1.29 is 9.21 Å². The highest BCUT2D eigenvalue weighted by atomic mass is 16.3. The molecule has 1 aliphatic rings. The molecule has 0 atom stereocenters. The number of anilines is 1. The van der Waals surface area contributed by atoms with E-state index in [1.807, 2.05) is 4.90 Å². The second-order valence-electron chi connectivity index (χ2n) is 5.83. The van der Waals surface area contributed by atoms with E-state index in [4.69, 9.17) is 4.42 Å². The molecule has 2 aromatic heterocycles. The van der Waals surface area contributed by atoms with E-state index in [1.165, 1.54) is 12.1 Å². The van der Waals surface area contributed by atoms with Gasteiger partial charge >= 0.3 is 0 Å². The number of carbonyl (C=O) groups excluding carboxylic acids is 1. The summed E-state index contributed by atoms with van der Waals surface area (Å²) in [7, 11) is 0. The van der Waals surface area contributed by atoms with Gasteiger partial charge in [-0.15, -0.1) is 0 Å². The molecule has 0 spiro atoms. The van der Waals surface area contributed by atoms with E-state index in [0.29, 0.717) is 17.4 Å². The van der Waals surface area contributed by atoms with E-state index in [2.05, 4.69) is 15.3 Å². The molecule has 0 unspecified atom stereocenters. The topological polar surface area (TPSA) is 91.2 Å². The lowest BCUT2D eigenvalue weighted by Crippen LogP contribution is -2.45. The van der Waals surface area contributed by atoms with Gasteiger partial charge in [0, 0.05) is 37.0 Å². The molecule has 0 aliphatic carbocycles. The molecule has 1 fully saturated rings. The number of aromatic nitrogens is 2. The highest BCUT2D eigenvalue weighted by molar-refractivity contribution is 5.91. The molecule has 0 bridgehead atoms. The van der Waals surface area contributed by atoms with Crippen LogP contribution in [0.5, 0.6) is 0 Å². The molecule has 1 amide bonds. The van der Waals surface area contributed by atoms with Crippen molar-refractivity contribution in [2.45, 2.75) is 25.8 Å². The van der Waals surface area contributed by atoms with Crippen LogP contribution in [0.25, 0.3) is 6.08 Å². The smallest absolute Gasteiger partial charge is 0.252 e. The van der Waals surface area contributed by atoms with E-state index in [0.717, 1.165) is 25.9 Å². The number of hydrogen-bond acceptors (Lipinski definition) is 5. The Bertz CT molecular complexity index is 771. The van der Waals surface area contributed by atoms with Gasteiger partial charge in [0.25, 0.3) is 5.56 Å². The average molecular weight is 328 g/mol. The summed E-state index contributed by atoms with van der Waals surface area (Å²) in [5, 5.41) is 2.99. The number of hydrogen-bond donors (Lipinski definition) is 2. The quantitative estimate of drug-likeness (QED) is 0.829. The summed E-state index contributed by atoms with van der Waals surface area (Å²) < 4.78 is 5.15. The minimum Gasteiger partial charge on any atom is -0.465 e. The number of furan rings is 1. The molecule has 0 radical (unpaired) electrons. The minimum atomic E-state index is -0.143. The fourth-order valence-electron chi connectivity index (χ4n) is 2.74. The van der Waals surface area contributed by atoms with E-state index < -0.39 is 0 Å². The Hall–Kier alpha value is -2.83. The van der Waals surface area contributed by atoms with Crippen LogP contribution < -0.4 is 15.8 Å². The first-order chi connectivity index (χ1) is 11.6.